The minimum Gasteiger partial charge on any atom is -0.399 e. The van der Waals surface area contributed by atoms with Crippen molar-refractivity contribution in [3.05, 3.63) is 64.2 Å². The van der Waals surface area contributed by atoms with Crippen molar-refractivity contribution >= 4 is 11.6 Å². The van der Waals surface area contributed by atoms with Crippen LogP contribution in [0.5, 0.6) is 0 Å². The van der Waals surface area contributed by atoms with Crippen molar-refractivity contribution in [3.63, 3.8) is 0 Å². The largest absolute Gasteiger partial charge is 0.399 e. The van der Waals surface area contributed by atoms with Crippen LogP contribution in [0, 0.1) is 13.8 Å². The summed E-state index contributed by atoms with van der Waals surface area (Å²) >= 11 is 0. The third-order valence-corrected chi connectivity index (χ3v) is 4.26. The van der Waals surface area contributed by atoms with E-state index in [9.17, 15) is 4.79 Å². The molecule has 2 aromatic rings. The number of carbonyl (C=O) groups excluding carboxylic acids is 1. The summed E-state index contributed by atoms with van der Waals surface area (Å²) < 4.78 is 0. The summed E-state index contributed by atoms with van der Waals surface area (Å²) in [5, 5.41) is 3.17. The Balaban J connectivity index is 1.85. The highest BCUT2D eigenvalue weighted by Gasteiger charge is 2.25. The Morgan fingerprint density at radius 1 is 1.19 bits per heavy atom. The quantitative estimate of drug-likeness (QED) is 0.829. The second kappa shape index (κ2) is 5.24. The Hall–Kier alpha value is -2.29. The predicted molar refractivity (Wildman–Crippen MR) is 85.3 cm³/mol. The van der Waals surface area contributed by atoms with Gasteiger partial charge in [-0.05, 0) is 61.1 Å². The highest BCUT2D eigenvalue weighted by atomic mass is 16.1. The molecular weight excluding hydrogens is 260 g/mol. The number of hydrogen-bond donors (Lipinski definition) is 2. The lowest BCUT2D eigenvalue weighted by Crippen LogP contribution is -2.28. The molecule has 2 aromatic carbocycles. The third-order valence-electron chi connectivity index (χ3n) is 4.26. The smallest absolute Gasteiger partial charge is 0.252 e. The van der Waals surface area contributed by atoms with Crippen molar-refractivity contribution in [2.75, 3.05) is 5.73 Å². The molecule has 0 aliphatic heterocycles. The van der Waals surface area contributed by atoms with E-state index in [1.807, 2.05) is 50.2 Å². The summed E-state index contributed by atoms with van der Waals surface area (Å²) in [6.45, 7) is 3.95. The molecule has 0 aromatic heterocycles. The summed E-state index contributed by atoms with van der Waals surface area (Å²) in [6, 6.07) is 12.0. The van der Waals surface area contributed by atoms with Crippen molar-refractivity contribution in [2.24, 2.45) is 0 Å². The minimum atomic E-state index is 0.0141. The maximum atomic E-state index is 12.6. The van der Waals surface area contributed by atoms with Gasteiger partial charge < -0.3 is 11.1 Å². The summed E-state index contributed by atoms with van der Waals surface area (Å²) in [4.78, 5) is 12.6. The average Bonchev–Trinajstić information content (AvgIpc) is 2.80. The molecule has 3 heteroatoms. The van der Waals surface area contributed by atoms with E-state index in [0.717, 1.165) is 35.2 Å². The topological polar surface area (TPSA) is 55.1 Å². The molecule has 3 N–H and O–H groups in total. The first kappa shape index (κ1) is 13.7. The van der Waals surface area contributed by atoms with Gasteiger partial charge >= 0.3 is 0 Å². The first-order valence-electron chi connectivity index (χ1n) is 7.31. The Bertz CT molecular complexity index is 686. The molecule has 1 aliphatic carbocycles. The molecule has 108 valence electrons. The molecule has 0 fully saturated rings. The molecule has 3 rings (SSSR count). The lowest BCUT2D eigenvalue weighted by molar-refractivity contribution is 0.0935. The van der Waals surface area contributed by atoms with Crippen LogP contribution in [-0.2, 0) is 6.42 Å². The highest BCUT2D eigenvalue weighted by Crippen LogP contribution is 2.32. The van der Waals surface area contributed by atoms with Crippen LogP contribution in [0.25, 0.3) is 0 Å². The number of anilines is 1. The van der Waals surface area contributed by atoms with Crippen molar-refractivity contribution < 1.29 is 4.79 Å². The van der Waals surface area contributed by atoms with Crippen molar-refractivity contribution in [2.45, 2.75) is 32.7 Å². The second-order valence-corrected chi connectivity index (χ2v) is 5.79. The Morgan fingerprint density at radius 2 is 1.90 bits per heavy atom. The Morgan fingerprint density at radius 3 is 2.62 bits per heavy atom. The van der Waals surface area contributed by atoms with Crippen LogP contribution in [0.4, 0.5) is 5.69 Å². The minimum absolute atomic E-state index is 0.0141. The van der Waals surface area contributed by atoms with E-state index >= 15 is 0 Å². The van der Waals surface area contributed by atoms with Gasteiger partial charge in [-0.2, -0.15) is 0 Å². The van der Waals surface area contributed by atoms with Gasteiger partial charge in [-0.15, -0.1) is 0 Å². The lowest BCUT2D eigenvalue weighted by atomic mass is 10.0. The first-order chi connectivity index (χ1) is 10.1. The molecule has 0 spiro atoms. The van der Waals surface area contributed by atoms with E-state index in [1.54, 1.807) is 0 Å². The van der Waals surface area contributed by atoms with E-state index in [0.29, 0.717) is 0 Å². The second-order valence-electron chi connectivity index (χ2n) is 5.79. The van der Waals surface area contributed by atoms with Gasteiger partial charge in [0.1, 0.15) is 0 Å². The molecule has 0 bridgehead atoms. The highest BCUT2D eigenvalue weighted by molar-refractivity contribution is 5.97. The van der Waals surface area contributed by atoms with Gasteiger partial charge in [0.2, 0.25) is 0 Å². The fourth-order valence-electron chi connectivity index (χ4n) is 3.19. The van der Waals surface area contributed by atoms with Crippen LogP contribution < -0.4 is 11.1 Å². The molecule has 0 saturated heterocycles. The van der Waals surface area contributed by atoms with Gasteiger partial charge in [-0.25, -0.2) is 0 Å². The molecule has 21 heavy (non-hydrogen) atoms. The molecule has 0 saturated carbocycles. The first-order valence-corrected chi connectivity index (χ1v) is 7.31. The van der Waals surface area contributed by atoms with Gasteiger partial charge in [-0.3, -0.25) is 4.79 Å². The van der Waals surface area contributed by atoms with E-state index < -0.39 is 0 Å². The maximum absolute atomic E-state index is 12.6. The summed E-state index contributed by atoms with van der Waals surface area (Å²) in [7, 11) is 0. The third kappa shape index (κ3) is 2.51. The van der Waals surface area contributed by atoms with Gasteiger partial charge in [0.15, 0.2) is 0 Å². The molecule has 0 heterocycles. The molecule has 1 atom stereocenters. The van der Waals surface area contributed by atoms with Crippen LogP contribution in [0.3, 0.4) is 0 Å². The van der Waals surface area contributed by atoms with Crippen LogP contribution in [0.2, 0.25) is 0 Å². The molecular formula is C18H20N2O. The molecule has 3 nitrogen and oxygen atoms in total. The van der Waals surface area contributed by atoms with E-state index in [1.165, 1.54) is 11.1 Å². The normalized spacial score (nSPS) is 16.6. The number of hydrogen-bond acceptors (Lipinski definition) is 2. The van der Waals surface area contributed by atoms with E-state index in [-0.39, 0.29) is 11.9 Å². The van der Waals surface area contributed by atoms with E-state index in [2.05, 4.69) is 5.32 Å². The van der Waals surface area contributed by atoms with Crippen LogP contribution in [0.15, 0.2) is 36.4 Å². The van der Waals surface area contributed by atoms with Gasteiger partial charge in [0.05, 0.1) is 6.04 Å². The number of benzene rings is 2. The number of aryl methyl sites for hydroxylation is 3. The van der Waals surface area contributed by atoms with Crippen LogP contribution >= 0.6 is 0 Å². The number of rotatable bonds is 2. The van der Waals surface area contributed by atoms with Gasteiger partial charge in [-0.1, -0.05) is 24.3 Å². The number of fused-ring (bicyclic) bond motifs is 1. The molecule has 0 radical (unpaired) electrons. The predicted octanol–water partition coefficient (Wildman–Crippen LogP) is 3.30. The van der Waals surface area contributed by atoms with E-state index in [4.69, 9.17) is 5.73 Å². The van der Waals surface area contributed by atoms with Crippen molar-refractivity contribution in [3.8, 4) is 0 Å². The van der Waals surface area contributed by atoms with Crippen molar-refractivity contribution in [1.29, 1.82) is 0 Å². The number of nitrogens with one attached hydrogen (secondary N) is 1. The number of nitrogens with two attached hydrogens (primary N) is 1. The summed E-state index contributed by atoms with van der Waals surface area (Å²) in [6.07, 6.45) is 1.91. The lowest BCUT2D eigenvalue weighted by Gasteiger charge is -2.16. The number of amides is 1. The van der Waals surface area contributed by atoms with Gasteiger partial charge in [0, 0.05) is 11.3 Å². The molecule has 1 amide bonds. The fraction of sp³-hybridized carbons (Fsp3) is 0.278. The van der Waals surface area contributed by atoms with Gasteiger partial charge in [0.25, 0.3) is 5.91 Å². The average molecular weight is 280 g/mol. The SMILES string of the molecule is Cc1cccc(C)c1C(=O)NC1CCc2cc(N)ccc21. The standard InChI is InChI=1S/C18H20N2O/c1-11-4-3-5-12(2)17(11)18(21)20-16-9-6-13-10-14(19)7-8-15(13)16/h3-5,7-8,10,16H,6,9,19H2,1-2H3,(H,20,21). The molecule has 1 aliphatic rings. The van der Waals surface area contributed by atoms with Crippen LogP contribution in [0.1, 0.15) is 45.1 Å². The number of nitrogen functional groups attached to an aromatic ring is 1. The zero-order chi connectivity index (χ0) is 15.0. The number of carbonyl (C=O) groups is 1. The zero-order valence-corrected chi connectivity index (χ0v) is 12.4. The Kier molecular flexibility index (Phi) is 3.42. The van der Waals surface area contributed by atoms with Crippen LogP contribution in [-0.4, -0.2) is 5.91 Å². The summed E-state index contributed by atoms with van der Waals surface area (Å²) in [5.41, 5.74) is 11.9. The maximum Gasteiger partial charge on any atom is 0.252 e. The monoisotopic (exact) mass is 280 g/mol. The molecule has 1 unspecified atom stereocenters. The fourth-order valence-corrected chi connectivity index (χ4v) is 3.19. The zero-order valence-electron chi connectivity index (χ0n) is 12.4. The Labute approximate surface area is 125 Å². The summed E-state index contributed by atoms with van der Waals surface area (Å²) in [5.74, 6) is 0.0141. The van der Waals surface area contributed by atoms with Crippen molar-refractivity contribution in [1.82, 2.24) is 5.32 Å².